The zero-order valence-electron chi connectivity index (χ0n) is 10.6. The lowest BCUT2D eigenvalue weighted by atomic mass is 10.0. The van der Waals surface area contributed by atoms with Crippen molar-refractivity contribution in [3.05, 3.63) is 59.7 Å². The highest BCUT2D eigenvalue weighted by atomic mass is 32.2. The fourth-order valence-electron chi connectivity index (χ4n) is 1.81. The van der Waals surface area contributed by atoms with Gasteiger partial charge in [-0.2, -0.15) is 11.8 Å². The Hall–Kier alpha value is -1.54. The van der Waals surface area contributed by atoms with Crippen LogP contribution in [0.2, 0.25) is 0 Å². The summed E-state index contributed by atoms with van der Waals surface area (Å²) in [6.07, 6.45) is 1.94. The van der Waals surface area contributed by atoms with Gasteiger partial charge in [0.25, 0.3) is 0 Å². The summed E-state index contributed by atoms with van der Waals surface area (Å²) in [5, 5.41) is 0. The van der Waals surface area contributed by atoms with Crippen LogP contribution in [0.5, 0.6) is 0 Å². The van der Waals surface area contributed by atoms with Crippen LogP contribution < -0.4 is 0 Å². The minimum atomic E-state index is 0.193. The third-order valence-corrected chi connectivity index (χ3v) is 3.42. The molecule has 0 saturated heterocycles. The fourth-order valence-corrected chi connectivity index (χ4v) is 2.24. The number of hydrogen-bond acceptors (Lipinski definition) is 2. The predicted octanol–water partition coefficient (Wildman–Crippen LogP) is 4.21. The molecule has 0 aromatic heterocycles. The Labute approximate surface area is 112 Å². The third-order valence-electron chi connectivity index (χ3n) is 2.87. The highest BCUT2D eigenvalue weighted by molar-refractivity contribution is 7.99. The van der Waals surface area contributed by atoms with Crippen molar-refractivity contribution in [2.45, 2.75) is 6.92 Å². The molecule has 2 heteroatoms. The summed E-state index contributed by atoms with van der Waals surface area (Å²) in [5.74, 6) is 0.738. The van der Waals surface area contributed by atoms with Gasteiger partial charge in [-0.25, -0.2) is 0 Å². The molecule has 0 amide bonds. The van der Waals surface area contributed by atoms with Crippen molar-refractivity contribution in [3.8, 4) is 11.1 Å². The van der Waals surface area contributed by atoms with Gasteiger partial charge in [-0.15, -0.1) is 0 Å². The summed E-state index contributed by atoms with van der Waals surface area (Å²) in [5.41, 5.74) is 4.38. The molecule has 92 valence electrons. The molecule has 2 rings (SSSR count). The number of Topliss-reactive ketones (excluding diaryl/α,β-unsaturated/α-hetero) is 1. The Morgan fingerprint density at radius 2 is 1.44 bits per heavy atom. The Morgan fingerprint density at radius 1 is 0.944 bits per heavy atom. The van der Waals surface area contributed by atoms with E-state index in [1.807, 2.05) is 30.5 Å². The molecule has 0 unspecified atom stereocenters. The van der Waals surface area contributed by atoms with Crippen LogP contribution in [0.3, 0.4) is 0 Å². The van der Waals surface area contributed by atoms with Crippen LogP contribution in [0, 0.1) is 6.92 Å². The average Bonchev–Trinajstić information content (AvgIpc) is 2.40. The van der Waals surface area contributed by atoms with Gasteiger partial charge >= 0.3 is 0 Å². The molecule has 0 spiro atoms. The molecular formula is C16H16OS. The van der Waals surface area contributed by atoms with E-state index < -0.39 is 0 Å². The number of hydrogen-bond donors (Lipinski definition) is 0. The number of carbonyl (C=O) groups is 1. The second-order valence-corrected chi connectivity index (χ2v) is 5.17. The number of carbonyl (C=O) groups excluding carboxylic acids is 1. The van der Waals surface area contributed by atoms with Crippen LogP contribution in [-0.2, 0) is 0 Å². The van der Waals surface area contributed by atoms with Gasteiger partial charge in [0.15, 0.2) is 5.78 Å². The number of rotatable bonds is 4. The van der Waals surface area contributed by atoms with E-state index in [1.165, 1.54) is 11.1 Å². The van der Waals surface area contributed by atoms with Crippen molar-refractivity contribution in [2.75, 3.05) is 12.0 Å². The lowest BCUT2D eigenvalue weighted by Gasteiger charge is -2.04. The standard InChI is InChI=1S/C16H16OS/c1-12-3-5-13(6-4-12)14-7-9-15(10-8-14)16(17)11-18-2/h3-10H,11H2,1-2H3. The molecule has 0 bridgehead atoms. The molecule has 2 aromatic rings. The van der Waals surface area contributed by atoms with E-state index in [9.17, 15) is 4.79 Å². The van der Waals surface area contributed by atoms with Gasteiger partial charge in [0, 0.05) is 5.56 Å². The monoisotopic (exact) mass is 256 g/mol. The summed E-state index contributed by atoms with van der Waals surface area (Å²) in [6, 6.07) is 16.3. The van der Waals surface area contributed by atoms with Gasteiger partial charge in [0.2, 0.25) is 0 Å². The minimum Gasteiger partial charge on any atom is -0.293 e. The number of benzene rings is 2. The Bertz CT molecular complexity index is 526. The van der Waals surface area contributed by atoms with Gasteiger partial charge in [-0.05, 0) is 24.3 Å². The smallest absolute Gasteiger partial charge is 0.172 e. The van der Waals surface area contributed by atoms with Crippen molar-refractivity contribution in [3.63, 3.8) is 0 Å². The summed E-state index contributed by atoms with van der Waals surface area (Å²) in [4.78, 5) is 11.7. The van der Waals surface area contributed by atoms with Gasteiger partial charge in [-0.3, -0.25) is 4.79 Å². The first kappa shape index (κ1) is 12.9. The minimum absolute atomic E-state index is 0.193. The quantitative estimate of drug-likeness (QED) is 0.762. The summed E-state index contributed by atoms with van der Waals surface area (Å²) in [7, 11) is 0. The van der Waals surface area contributed by atoms with Gasteiger partial charge < -0.3 is 0 Å². The first-order chi connectivity index (χ1) is 8.70. The first-order valence-electron chi connectivity index (χ1n) is 5.90. The van der Waals surface area contributed by atoms with Gasteiger partial charge in [-0.1, -0.05) is 54.1 Å². The maximum atomic E-state index is 11.7. The van der Waals surface area contributed by atoms with Crippen LogP contribution in [0.4, 0.5) is 0 Å². The summed E-state index contributed by atoms with van der Waals surface area (Å²) in [6.45, 7) is 2.08. The predicted molar refractivity (Wildman–Crippen MR) is 79.3 cm³/mol. The molecule has 18 heavy (non-hydrogen) atoms. The number of thioether (sulfide) groups is 1. The molecular weight excluding hydrogens is 240 g/mol. The van der Waals surface area contributed by atoms with E-state index in [4.69, 9.17) is 0 Å². The van der Waals surface area contributed by atoms with Crippen LogP contribution in [0.15, 0.2) is 48.5 Å². The lowest BCUT2D eigenvalue weighted by molar-refractivity contribution is 0.102. The molecule has 0 saturated carbocycles. The summed E-state index contributed by atoms with van der Waals surface area (Å²) < 4.78 is 0. The molecule has 0 radical (unpaired) electrons. The largest absolute Gasteiger partial charge is 0.293 e. The van der Waals surface area contributed by atoms with E-state index in [2.05, 4.69) is 31.2 Å². The van der Waals surface area contributed by atoms with Gasteiger partial charge in [0.05, 0.1) is 5.75 Å². The molecule has 0 N–H and O–H groups in total. The van der Waals surface area contributed by atoms with Gasteiger partial charge in [0.1, 0.15) is 0 Å². The van der Waals surface area contributed by atoms with E-state index >= 15 is 0 Å². The van der Waals surface area contributed by atoms with E-state index in [-0.39, 0.29) is 5.78 Å². The van der Waals surface area contributed by atoms with Crippen molar-refractivity contribution >= 4 is 17.5 Å². The van der Waals surface area contributed by atoms with Crippen molar-refractivity contribution in [2.24, 2.45) is 0 Å². The Balaban J connectivity index is 2.22. The van der Waals surface area contributed by atoms with Crippen molar-refractivity contribution in [1.29, 1.82) is 0 Å². The van der Waals surface area contributed by atoms with E-state index in [0.29, 0.717) is 5.75 Å². The highest BCUT2D eigenvalue weighted by Crippen LogP contribution is 2.20. The highest BCUT2D eigenvalue weighted by Gasteiger charge is 2.05. The van der Waals surface area contributed by atoms with Crippen LogP contribution in [0.1, 0.15) is 15.9 Å². The first-order valence-corrected chi connectivity index (χ1v) is 7.29. The Morgan fingerprint density at radius 3 is 1.94 bits per heavy atom. The second-order valence-electron chi connectivity index (χ2n) is 4.30. The Kier molecular flexibility index (Phi) is 4.21. The molecule has 0 fully saturated rings. The van der Waals surface area contributed by atoms with Crippen LogP contribution in [-0.4, -0.2) is 17.8 Å². The number of aryl methyl sites for hydroxylation is 1. The molecule has 2 aromatic carbocycles. The fraction of sp³-hybridized carbons (Fsp3) is 0.188. The molecule has 0 aliphatic rings. The second kappa shape index (κ2) is 5.87. The molecule has 0 heterocycles. The molecule has 0 atom stereocenters. The topological polar surface area (TPSA) is 17.1 Å². The maximum Gasteiger partial charge on any atom is 0.172 e. The number of ketones is 1. The van der Waals surface area contributed by atoms with Crippen molar-refractivity contribution < 1.29 is 4.79 Å². The third kappa shape index (κ3) is 3.02. The zero-order chi connectivity index (χ0) is 13.0. The van der Waals surface area contributed by atoms with Crippen molar-refractivity contribution in [1.82, 2.24) is 0 Å². The normalized spacial score (nSPS) is 10.3. The molecule has 0 aliphatic carbocycles. The summed E-state index contributed by atoms with van der Waals surface area (Å²) >= 11 is 1.56. The molecule has 1 nitrogen and oxygen atoms in total. The van der Waals surface area contributed by atoms with E-state index in [0.717, 1.165) is 11.1 Å². The zero-order valence-corrected chi connectivity index (χ0v) is 11.5. The molecule has 0 aliphatic heterocycles. The maximum absolute atomic E-state index is 11.7. The SMILES string of the molecule is CSCC(=O)c1ccc(-c2ccc(C)cc2)cc1. The van der Waals surface area contributed by atoms with Crippen LogP contribution >= 0.6 is 11.8 Å². The average molecular weight is 256 g/mol. The lowest BCUT2D eigenvalue weighted by Crippen LogP contribution is -2.01. The van der Waals surface area contributed by atoms with E-state index in [1.54, 1.807) is 11.8 Å². The van der Waals surface area contributed by atoms with Crippen LogP contribution in [0.25, 0.3) is 11.1 Å².